The summed E-state index contributed by atoms with van der Waals surface area (Å²) < 4.78 is 24.7. The number of anilines is 2. The van der Waals surface area contributed by atoms with E-state index in [0.29, 0.717) is 11.5 Å². The summed E-state index contributed by atoms with van der Waals surface area (Å²) in [6, 6.07) is 5.18. The lowest BCUT2D eigenvalue weighted by Crippen LogP contribution is -2.13. The molecule has 2 heterocycles. The first kappa shape index (κ1) is 33.9. The van der Waals surface area contributed by atoms with Gasteiger partial charge < -0.3 is 39.0 Å². The molecule has 0 saturated heterocycles. The molecule has 0 unspecified atom stereocenters. The summed E-state index contributed by atoms with van der Waals surface area (Å²) in [4.78, 5) is 54.1. The van der Waals surface area contributed by atoms with Gasteiger partial charge in [0.05, 0.1) is 46.7 Å². The zero-order valence-electron chi connectivity index (χ0n) is 24.2. The number of carboxylic acids is 1. The van der Waals surface area contributed by atoms with Gasteiger partial charge in [0.25, 0.3) is 11.8 Å². The second-order valence-electron chi connectivity index (χ2n) is 8.23. The summed E-state index contributed by atoms with van der Waals surface area (Å²) in [5, 5.41) is 36.6. The molecule has 5 N–H and O–H groups in total. The molecule has 0 saturated carbocycles. The molecule has 0 aliphatic rings. The van der Waals surface area contributed by atoms with Gasteiger partial charge in [-0.3, -0.25) is 20.2 Å². The second-order valence-corrected chi connectivity index (χ2v) is 9.95. The van der Waals surface area contributed by atoms with Crippen LogP contribution in [0.3, 0.4) is 0 Å². The largest absolute Gasteiger partial charge is 0.507 e. The van der Waals surface area contributed by atoms with Crippen LogP contribution >= 0.6 is 22.7 Å². The average Bonchev–Trinajstić information content (AvgIpc) is 3.70. The molecule has 0 spiro atoms. The Bertz CT molecular complexity index is 1720. The van der Waals surface area contributed by atoms with Crippen LogP contribution in [0.4, 0.5) is 10.3 Å². The van der Waals surface area contributed by atoms with E-state index in [-0.39, 0.29) is 55.8 Å². The predicted octanol–water partition coefficient (Wildman–Crippen LogP) is 3.72. The Morgan fingerprint density at radius 1 is 0.644 bits per heavy atom. The summed E-state index contributed by atoms with van der Waals surface area (Å²) in [6.07, 6.45) is 0. The highest BCUT2D eigenvalue weighted by molar-refractivity contribution is 7.14. The summed E-state index contributed by atoms with van der Waals surface area (Å²) in [7, 11) is 6.87. The average molecular weight is 663 g/mol. The monoisotopic (exact) mass is 662 g/mol. The van der Waals surface area contributed by atoms with Gasteiger partial charge >= 0.3 is 11.9 Å². The van der Waals surface area contributed by atoms with Crippen LogP contribution in [-0.4, -0.2) is 84.6 Å². The van der Waals surface area contributed by atoms with Crippen LogP contribution in [0.5, 0.6) is 34.5 Å². The lowest BCUT2D eigenvalue weighted by Gasteiger charge is -2.11. The number of benzene rings is 2. The highest BCUT2D eigenvalue weighted by atomic mass is 32.1. The molecule has 45 heavy (non-hydrogen) atoms. The van der Waals surface area contributed by atoms with Gasteiger partial charge in [-0.2, -0.15) is 0 Å². The maximum atomic E-state index is 12.2. The fraction of sp³-hybridized carbons (Fsp3) is 0.185. The van der Waals surface area contributed by atoms with Crippen molar-refractivity contribution >= 4 is 56.7 Å². The summed E-state index contributed by atoms with van der Waals surface area (Å²) in [6.45, 7) is 0. The number of nitrogens with zero attached hydrogens (tertiary/aromatic N) is 2. The number of phenolic OH excluding ortho intramolecular Hbond substituents is 2. The van der Waals surface area contributed by atoms with Crippen LogP contribution in [0, 0.1) is 0 Å². The molecule has 0 atom stereocenters. The molecule has 238 valence electrons. The van der Waals surface area contributed by atoms with Crippen molar-refractivity contribution < 1.29 is 58.2 Å². The van der Waals surface area contributed by atoms with Crippen molar-refractivity contribution in [3.63, 3.8) is 0 Å². The van der Waals surface area contributed by atoms with Gasteiger partial charge in [0, 0.05) is 35.0 Å². The zero-order chi connectivity index (χ0) is 33.3. The van der Waals surface area contributed by atoms with E-state index < -0.39 is 23.8 Å². The number of esters is 1. The lowest BCUT2D eigenvalue weighted by molar-refractivity contribution is 0.0593. The third-order valence-corrected chi connectivity index (χ3v) is 7.07. The smallest absolute Gasteiger partial charge is 0.357 e. The third kappa shape index (κ3) is 8.27. The number of aromatic carboxylic acids is 1. The van der Waals surface area contributed by atoms with Crippen LogP contribution < -0.4 is 29.6 Å². The number of carboxylic acid groups (broad SMARTS) is 1. The number of thiazole rings is 2. The lowest BCUT2D eigenvalue weighted by atomic mass is 10.1. The minimum Gasteiger partial charge on any atom is -0.507 e. The van der Waals surface area contributed by atoms with Gasteiger partial charge in [-0.15, -0.1) is 22.7 Å². The number of rotatable bonds is 10. The molecule has 0 radical (unpaired) electrons. The number of phenols is 2. The molecule has 0 aliphatic carbocycles. The van der Waals surface area contributed by atoms with E-state index in [2.05, 4.69) is 25.3 Å². The highest BCUT2D eigenvalue weighted by Crippen LogP contribution is 2.35. The van der Waals surface area contributed by atoms with E-state index in [0.717, 1.165) is 22.7 Å². The van der Waals surface area contributed by atoms with Crippen molar-refractivity contribution in [2.24, 2.45) is 0 Å². The Morgan fingerprint density at radius 2 is 1.02 bits per heavy atom. The summed E-state index contributed by atoms with van der Waals surface area (Å²) >= 11 is 2.02. The SMILES string of the molecule is COC(=O)c1csc(NC(=O)c2cc(OC)c(OC)cc2O)n1.COc1cc(O)c(C(=O)Nc2nc(C(=O)O)cs2)cc1OC. The second kappa shape index (κ2) is 15.2. The molecule has 4 rings (SSSR count). The normalized spacial score (nSPS) is 10.1. The standard InChI is InChI=1S/C14H14N2O6S.C13H12N2O6S/c1-20-10-4-7(9(17)5-11(10)21-2)12(18)16-14-15-8(6-23-14)13(19)22-3;1-20-9-3-6(8(16)4-10(9)21-2)11(17)15-13-14-7(5-22-13)12(18)19/h4-6,17H,1-3H3,(H,15,16,18);3-5,16H,1-2H3,(H,18,19)(H,14,15,17). The fourth-order valence-electron chi connectivity index (χ4n) is 3.39. The summed E-state index contributed by atoms with van der Waals surface area (Å²) in [5.74, 6) is -2.47. The van der Waals surface area contributed by atoms with Gasteiger partial charge in [0.1, 0.15) is 11.5 Å². The molecule has 18 heteroatoms. The molecule has 2 aromatic heterocycles. The molecule has 0 bridgehead atoms. The Morgan fingerprint density at radius 3 is 1.38 bits per heavy atom. The number of ether oxygens (including phenoxy) is 5. The van der Waals surface area contributed by atoms with Crippen molar-refractivity contribution in [3.05, 3.63) is 57.5 Å². The number of hydrogen-bond acceptors (Lipinski definition) is 15. The van der Waals surface area contributed by atoms with E-state index in [9.17, 15) is 29.4 Å². The van der Waals surface area contributed by atoms with Crippen LogP contribution in [0.1, 0.15) is 41.7 Å². The Labute approximate surface area is 262 Å². The molecule has 4 aromatic rings. The predicted molar refractivity (Wildman–Crippen MR) is 161 cm³/mol. The van der Waals surface area contributed by atoms with Crippen molar-refractivity contribution in [3.8, 4) is 34.5 Å². The molecule has 0 fully saturated rings. The molecule has 2 amide bonds. The number of carbonyl (C=O) groups excluding carboxylic acids is 3. The molecule has 16 nitrogen and oxygen atoms in total. The van der Waals surface area contributed by atoms with Gasteiger partial charge in [0.15, 0.2) is 44.6 Å². The Kier molecular flexibility index (Phi) is 11.4. The van der Waals surface area contributed by atoms with Gasteiger partial charge in [0.2, 0.25) is 0 Å². The van der Waals surface area contributed by atoms with Crippen LogP contribution in [0.15, 0.2) is 35.0 Å². The maximum absolute atomic E-state index is 12.2. The first-order chi connectivity index (χ1) is 21.4. The third-order valence-electron chi connectivity index (χ3n) is 5.56. The fourth-order valence-corrected chi connectivity index (χ4v) is 4.74. The number of aromatic nitrogens is 2. The number of nitrogens with one attached hydrogen (secondary N) is 2. The van der Waals surface area contributed by atoms with E-state index >= 15 is 0 Å². The van der Waals surface area contributed by atoms with Crippen molar-refractivity contribution in [2.75, 3.05) is 46.2 Å². The Hall–Kier alpha value is -5.62. The number of aromatic hydroxyl groups is 2. The van der Waals surface area contributed by atoms with Gasteiger partial charge in [-0.05, 0) is 0 Å². The number of amides is 2. The molecular formula is C27H26N4O12S2. The van der Waals surface area contributed by atoms with E-state index in [1.165, 1.54) is 70.6 Å². The topological polar surface area (TPSA) is 225 Å². The summed E-state index contributed by atoms with van der Waals surface area (Å²) in [5.41, 5.74) is -0.150. The van der Waals surface area contributed by atoms with E-state index in [4.69, 9.17) is 24.1 Å². The quantitative estimate of drug-likeness (QED) is 0.153. The van der Waals surface area contributed by atoms with Gasteiger partial charge in [-0.25, -0.2) is 19.6 Å². The van der Waals surface area contributed by atoms with Crippen LogP contribution in [0.25, 0.3) is 0 Å². The minimum absolute atomic E-state index is 0.0162. The molecule has 0 aliphatic heterocycles. The number of hydrogen-bond donors (Lipinski definition) is 5. The van der Waals surface area contributed by atoms with Gasteiger partial charge in [-0.1, -0.05) is 0 Å². The van der Waals surface area contributed by atoms with Crippen molar-refractivity contribution in [2.45, 2.75) is 0 Å². The number of carbonyl (C=O) groups is 4. The van der Waals surface area contributed by atoms with E-state index in [1.807, 2.05) is 0 Å². The van der Waals surface area contributed by atoms with E-state index in [1.54, 1.807) is 0 Å². The highest BCUT2D eigenvalue weighted by Gasteiger charge is 2.20. The van der Waals surface area contributed by atoms with Crippen molar-refractivity contribution in [1.82, 2.24) is 9.97 Å². The first-order valence-corrected chi connectivity index (χ1v) is 14.0. The molecular weight excluding hydrogens is 636 g/mol. The Balaban J connectivity index is 0.000000246. The first-order valence-electron chi connectivity index (χ1n) is 12.2. The minimum atomic E-state index is -1.19. The zero-order valence-corrected chi connectivity index (χ0v) is 25.8. The van der Waals surface area contributed by atoms with Crippen molar-refractivity contribution in [1.29, 1.82) is 0 Å². The van der Waals surface area contributed by atoms with Crippen LogP contribution in [-0.2, 0) is 4.74 Å². The maximum Gasteiger partial charge on any atom is 0.357 e. The number of methoxy groups -OCH3 is 5. The van der Waals surface area contributed by atoms with Crippen LogP contribution in [0.2, 0.25) is 0 Å². The molecule has 2 aromatic carbocycles.